The van der Waals surface area contributed by atoms with Crippen LogP contribution in [0.3, 0.4) is 0 Å². The number of aromatic amines is 1. The van der Waals surface area contributed by atoms with Crippen LogP contribution in [-0.4, -0.2) is 63.6 Å². The highest BCUT2D eigenvalue weighted by Crippen LogP contribution is 2.32. The van der Waals surface area contributed by atoms with Gasteiger partial charge in [0.1, 0.15) is 27.4 Å². The summed E-state index contributed by atoms with van der Waals surface area (Å²) >= 11 is 1.57. The molecule has 0 saturated carbocycles. The molecule has 0 aliphatic rings. The molecule has 0 saturated heterocycles. The largest absolute Gasteiger partial charge is 0.494 e. The van der Waals surface area contributed by atoms with Crippen LogP contribution in [0.2, 0.25) is 0 Å². The molecule has 0 aliphatic heterocycles. The molecule has 3 aromatic carbocycles. The SMILES string of the molecule is CN(C)CCCOc1ccc(-c2nc3c(NCCc4ccc(Nc5nc6ccccc6[nH]5)cc4)ncnc3s2)cc1. The highest BCUT2D eigenvalue weighted by Gasteiger charge is 2.12. The fourth-order valence-corrected chi connectivity index (χ4v) is 5.41. The van der Waals surface area contributed by atoms with Crippen molar-refractivity contribution in [2.24, 2.45) is 0 Å². The third-order valence-corrected chi connectivity index (χ3v) is 7.64. The Bertz CT molecular complexity index is 1690. The van der Waals surface area contributed by atoms with Crippen LogP contribution in [0, 0.1) is 0 Å². The first kappa shape index (κ1) is 26.7. The average molecular weight is 565 g/mol. The van der Waals surface area contributed by atoms with E-state index in [0.717, 1.165) is 81.1 Å². The Morgan fingerprint density at radius 2 is 1.76 bits per heavy atom. The van der Waals surface area contributed by atoms with Crippen LogP contribution in [0.5, 0.6) is 5.75 Å². The maximum absolute atomic E-state index is 5.87. The molecule has 3 N–H and O–H groups in total. The van der Waals surface area contributed by atoms with E-state index in [1.165, 1.54) is 5.56 Å². The summed E-state index contributed by atoms with van der Waals surface area (Å²) in [4.78, 5) is 24.7. The number of benzene rings is 3. The Labute approximate surface area is 242 Å². The first-order valence-electron chi connectivity index (χ1n) is 13.6. The molecule has 0 atom stereocenters. The minimum atomic E-state index is 0.701. The van der Waals surface area contributed by atoms with E-state index in [-0.39, 0.29) is 0 Å². The number of para-hydroxylation sites is 2. The summed E-state index contributed by atoms with van der Waals surface area (Å²) in [5.74, 6) is 2.35. The van der Waals surface area contributed by atoms with E-state index >= 15 is 0 Å². The zero-order chi connectivity index (χ0) is 28.0. The van der Waals surface area contributed by atoms with Crippen molar-refractivity contribution in [2.75, 3.05) is 44.4 Å². The number of nitrogens with zero attached hydrogens (tertiary/aromatic N) is 5. The molecule has 9 nitrogen and oxygen atoms in total. The minimum absolute atomic E-state index is 0.701. The Balaban J connectivity index is 1.04. The third kappa shape index (κ3) is 6.62. The van der Waals surface area contributed by atoms with Crippen LogP contribution < -0.4 is 15.4 Å². The van der Waals surface area contributed by atoms with Crippen molar-refractivity contribution in [2.45, 2.75) is 12.8 Å². The number of anilines is 3. The summed E-state index contributed by atoms with van der Waals surface area (Å²) in [6.07, 6.45) is 3.44. The van der Waals surface area contributed by atoms with Gasteiger partial charge in [0, 0.05) is 24.3 Å². The van der Waals surface area contributed by atoms with Crippen molar-refractivity contribution < 1.29 is 4.74 Å². The zero-order valence-corrected chi connectivity index (χ0v) is 23.9. The predicted molar refractivity (Wildman–Crippen MR) is 167 cm³/mol. The van der Waals surface area contributed by atoms with Crippen molar-refractivity contribution in [3.05, 3.63) is 84.7 Å². The van der Waals surface area contributed by atoms with Crippen molar-refractivity contribution in [1.29, 1.82) is 0 Å². The number of rotatable bonds is 12. The van der Waals surface area contributed by atoms with Crippen molar-refractivity contribution >= 4 is 50.2 Å². The maximum atomic E-state index is 5.87. The van der Waals surface area contributed by atoms with Gasteiger partial charge < -0.3 is 25.3 Å². The molecular formula is C31H32N8OS. The molecule has 0 radical (unpaired) electrons. The lowest BCUT2D eigenvalue weighted by Gasteiger charge is -2.10. The van der Waals surface area contributed by atoms with Crippen LogP contribution in [0.15, 0.2) is 79.1 Å². The number of nitrogens with one attached hydrogen (secondary N) is 3. The fourth-order valence-electron chi connectivity index (χ4n) is 4.50. The summed E-state index contributed by atoms with van der Waals surface area (Å²) in [6, 6.07) is 24.5. The molecule has 6 rings (SSSR count). The van der Waals surface area contributed by atoms with Crippen LogP contribution in [0.4, 0.5) is 17.5 Å². The van der Waals surface area contributed by atoms with Gasteiger partial charge in [0.05, 0.1) is 17.6 Å². The van der Waals surface area contributed by atoms with E-state index in [9.17, 15) is 0 Å². The molecule has 3 aromatic heterocycles. The molecular weight excluding hydrogens is 532 g/mol. The van der Waals surface area contributed by atoms with E-state index < -0.39 is 0 Å². The standard InChI is InChI=1S/C31H32N8OS/c1-39(2)18-5-19-40-24-14-10-22(11-15-24)29-38-27-28(33-20-34-30(27)41-29)32-17-16-21-8-12-23(13-9-21)35-31-36-25-6-3-4-7-26(25)37-31/h3-4,6-15,20H,5,16-19H2,1-2H3,(H,32,33,34)(H2,35,36,37). The smallest absolute Gasteiger partial charge is 0.205 e. The number of H-pyrrole nitrogens is 1. The number of ether oxygens (including phenoxy) is 1. The van der Waals surface area contributed by atoms with Crippen molar-refractivity contribution in [1.82, 2.24) is 29.8 Å². The van der Waals surface area contributed by atoms with E-state index in [0.29, 0.717) is 6.61 Å². The van der Waals surface area contributed by atoms with Crippen LogP contribution in [0.25, 0.3) is 32.0 Å². The molecule has 0 amide bonds. The number of hydrogen-bond donors (Lipinski definition) is 3. The van der Waals surface area contributed by atoms with E-state index in [1.54, 1.807) is 17.7 Å². The number of thiazole rings is 1. The number of imidazole rings is 1. The first-order chi connectivity index (χ1) is 20.1. The summed E-state index contributed by atoms with van der Waals surface area (Å²) in [5.41, 5.74) is 5.99. The average Bonchev–Trinajstić information content (AvgIpc) is 3.61. The molecule has 41 heavy (non-hydrogen) atoms. The maximum Gasteiger partial charge on any atom is 0.205 e. The number of hydrogen-bond acceptors (Lipinski definition) is 9. The highest BCUT2D eigenvalue weighted by atomic mass is 32.1. The summed E-state index contributed by atoms with van der Waals surface area (Å²) in [5, 5.41) is 7.71. The Kier molecular flexibility index (Phi) is 8.01. The van der Waals surface area contributed by atoms with Crippen LogP contribution in [-0.2, 0) is 6.42 Å². The van der Waals surface area contributed by atoms with Crippen LogP contribution >= 0.6 is 11.3 Å². The molecule has 0 bridgehead atoms. The highest BCUT2D eigenvalue weighted by molar-refractivity contribution is 7.21. The van der Waals surface area contributed by atoms with E-state index in [1.807, 2.05) is 48.5 Å². The molecule has 10 heteroatoms. The van der Waals surface area contributed by atoms with Gasteiger partial charge in [0.15, 0.2) is 5.82 Å². The monoisotopic (exact) mass is 564 g/mol. The van der Waals surface area contributed by atoms with Gasteiger partial charge in [-0.25, -0.2) is 19.9 Å². The van der Waals surface area contributed by atoms with Crippen LogP contribution in [0.1, 0.15) is 12.0 Å². The number of aromatic nitrogens is 5. The lowest BCUT2D eigenvalue weighted by molar-refractivity contribution is 0.281. The van der Waals surface area contributed by atoms with Gasteiger partial charge in [-0.1, -0.05) is 35.6 Å². The summed E-state index contributed by atoms with van der Waals surface area (Å²) in [6.45, 7) is 2.44. The van der Waals surface area contributed by atoms with Gasteiger partial charge >= 0.3 is 0 Å². The lowest BCUT2D eigenvalue weighted by atomic mass is 10.1. The second kappa shape index (κ2) is 12.3. The summed E-state index contributed by atoms with van der Waals surface area (Å²) in [7, 11) is 4.14. The van der Waals surface area contributed by atoms with E-state index in [4.69, 9.17) is 9.72 Å². The van der Waals surface area contributed by atoms with Gasteiger partial charge in [0.2, 0.25) is 5.95 Å². The first-order valence-corrected chi connectivity index (χ1v) is 14.5. The molecule has 6 aromatic rings. The van der Waals surface area contributed by atoms with Crippen molar-refractivity contribution in [3.8, 4) is 16.3 Å². The van der Waals surface area contributed by atoms with Gasteiger partial charge in [0.25, 0.3) is 0 Å². The molecule has 0 spiro atoms. The molecule has 208 valence electrons. The topological polar surface area (TPSA) is 104 Å². The molecule has 0 aliphatic carbocycles. The normalized spacial score (nSPS) is 11.4. The molecule has 0 unspecified atom stereocenters. The second-order valence-corrected chi connectivity index (χ2v) is 11.0. The summed E-state index contributed by atoms with van der Waals surface area (Å²) < 4.78 is 5.87. The Hall–Kier alpha value is -4.54. The lowest BCUT2D eigenvalue weighted by Crippen LogP contribution is -2.15. The van der Waals surface area contributed by atoms with Crippen molar-refractivity contribution in [3.63, 3.8) is 0 Å². The molecule has 3 heterocycles. The number of fused-ring (bicyclic) bond motifs is 2. The van der Waals surface area contributed by atoms with Gasteiger partial charge in [-0.15, -0.1) is 0 Å². The van der Waals surface area contributed by atoms with Gasteiger partial charge in [-0.05, 0) is 81.0 Å². The second-order valence-electron chi connectivity index (χ2n) is 10.0. The Morgan fingerprint density at radius 1 is 0.927 bits per heavy atom. The fraction of sp³-hybridized carbons (Fsp3) is 0.226. The minimum Gasteiger partial charge on any atom is -0.494 e. The zero-order valence-electron chi connectivity index (χ0n) is 23.1. The Morgan fingerprint density at radius 3 is 2.56 bits per heavy atom. The quantitative estimate of drug-likeness (QED) is 0.148. The van der Waals surface area contributed by atoms with Gasteiger partial charge in [-0.3, -0.25) is 0 Å². The molecule has 0 fully saturated rings. The third-order valence-electron chi connectivity index (χ3n) is 6.63. The van der Waals surface area contributed by atoms with E-state index in [2.05, 4.69) is 73.8 Å². The van der Waals surface area contributed by atoms with Gasteiger partial charge in [-0.2, -0.15) is 0 Å². The predicted octanol–water partition coefficient (Wildman–Crippen LogP) is 6.36.